The van der Waals surface area contributed by atoms with Crippen molar-refractivity contribution in [3.8, 4) is 0 Å². The molecule has 1 aromatic carbocycles. The van der Waals surface area contributed by atoms with Gasteiger partial charge in [0.2, 0.25) is 5.91 Å². The van der Waals surface area contributed by atoms with Crippen LogP contribution in [0.4, 0.5) is 11.5 Å². The zero-order valence-corrected chi connectivity index (χ0v) is 11.9. The smallest absolute Gasteiger partial charge is 0.239 e. The Hall–Kier alpha value is -2.34. The van der Waals surface area contributed by atoms with Crippen LogP contribution in [0.1, 0.15) is 16.9 Å². The van der Waals surface area contributed by atoms with Crippen molar-refractivity contribution in [3.63, 3.8) is 0 Å². The first-order valence-corrected chi connectivity index (χ1v) is 6.93. The second-order valence-electron chi connectivity index (χ2n) is 5.32. The number of nitrogen functional groups attached to an aromatic ring is 1. The molecule has 6 nitrogen and oxygen atoms in total. The molecule has 2 heterocycles. The van der Waals surface area contributed by atoms with E-state index >= 15 is 0 Å². The van der Waals surface area contributed by atoms with Crippen LogP contribution in [0.2, 0.25) is 0 Å². The van der Waals surface area contributed by atoms with Gasteiger partial charge in [0.15, 0.2) is 5.82 Å². The number of aromatic nitrogens is 1. The molecule has 0 radical (unpaired) electrons. The fraction of sp³-hybridized carbons (Fsp3) is 0.333. The quantitative estimate of drug-likeness (QED) is 0.837. The molecule has 1 aliphatic rings. The second kappa shape index (κ2) is 5.57. The minimum atomic E-state index is -0.0874. The number of rotatable bonds is 3. The van der Waals surface area contributed by atoms with Gasteiger partial charge in [0, 0.05) is 24.8 Å². The first-order chi connectivity index (χ1) is 10.1. The van der Waals surface area contributed by atoms with Crippen molar-refractivity contribution in [2.24, 2.45) is 0 Å². The molecule has 0 saturated heterocycles. The summed E-state index contributed by atoms with van der Waals surface area (Å²) in [6.45, 7) is 3.69. The third-order valence-electron chi connectivity index (χ3n) is 3.64. The molecular weight excluding hydrogens is 268 g/mol. The van der Waals surface area contributed by atoms with Crippen molar-refractivity contribution in [1.29, 1.82) is 0 Å². The number of hydrogen-bond acceptors (Lipinski definition) is 5. The lowest BCUT2D eigenvalue weighted by Crippen LogP contribution is -2.37. The Kier molecular flexibility index (Phi) is 3.62. The van der Waals surface area contributed by atoms with Crippen molar-refractivity contribution in [2.45, 2.75) is 19.9 Å². The molecule has 3 rings (SSSR count). The van der Waals surface area contributed by atoms with E-state index in [0.717, 1.165) is 25.2 Å². The van der Waals surface area contributed by atoms with E-state index in [1.807, 2.05) is 12.1 Å². The molecule has 0 unspecified atom stereocenters. The van der Waals surface area contributed by atoms with Gasteiger partial charge in [-0.2, -0.15) is 0 Å². The Labute approximate surface area is 122 Å². The maximum atomic E-state index is 12.0. The van der Waals surface area contributed by atoms with E-state index in [-0.39, 0.29) is 5.91 Å². The van der Waals surface area contributed by atoms with Crippen molar-refractivity contribution >= 4 is 17.4 Å². The van der Waals surface area contributed by atoms with E-state index in [1.54, 1.807) is 13.0 Å². The van der Waals surface area contributed by atoms with Gasteiger partial charge in [0.25, 0.3) is 0 Å². The van der Waals surface area contributed by atoms with Gasteiger partial charge in [-0.3, -0.25) is 9.69 Å². The highest BCUT2D eigenvalue weighted by molar-refractivity contribution is 5.91. The number of nitrogens with one attached hydrogen (secondary N) is 1. The number of aryl methyl sites for hydroxylation is 1. The number of hydrogen-bond donors (Lipinski definition) is 2. The van der Waals surface area contributed by atoms with Crippen LogP contribution in [0, 0.1) is 6.92 Å². The van der Waals surface area contributed by atoms with Crippen LogP contribution in [-0.4, -0.2) is 29.1 Å². The number of nitrogens with two attached hydrogens (primary N) is 1. The van der Waals surface area contributed by atoms with E-state index in [9.17, 15) is 4.79 Å². The van der Waals surface area contributed by atoms with Crippen LogP contribution in [-0.2, 0) is 17.8 Å². The van der Waals surface area contributed by atoms with E-state index in [4.69, 9.17) is 10.3 Å². The summed E-state index contributed by atoms with van der Waals surface area (Å²) < 4.78 is 4.92. The summed E-state index contributed by atoms with van der Waals surface area (Å²) in [5, 5.41) is 6.49. The molecular formula is C15H18N4O2. The molecule has 0 fully saturated rings. The molecule has 0 atom stereocenters. The lowest BCUT2D eigenvalue weighted by atomic mass is 9.98. The van der Waals surface area contributed by atoms with Crippen molar-refractivity contribution in [3.05, 3.63) is 41.2 Å². The van der Waals surface area contributed by atoms with Gasteiger partial charge in [-0.25, -0.2) is 0 Å². The highest BCUT2D eigenvalue weighted by Gasteiger charge is 2.20. The first kappa shape index (κ1) is 13.6. The fourth-order valence-corrected chi connectivity index (χ4v) is 2.64. The van der Waals surface area contributed by atoms with Crippen molar-refractivity contribution < 1.29 is 9.32 Å². The van der Waals surface area contributed by atoms with Gasteiger partial charge in [0.1, 0.15) is 5.76 Å². The Balaban J connectivity index is 1.60. The number of amides is 1. The van der Waals surface area contributed by atoms with Crippen LogP contribution in [0.15, 0.2) is 28.8 Å². The number of anilines is 2. The summed E-state index contributed by atoms with van der Waals surface area (Å²) in [6.07, 6.45) is 0.873. The van der Waals surface area contributed by atoms with Gasteiger partial charge in [-0.15, -0.1) is 0 Å². The number of fused-ring (bicyclic) bond motifs is 1. The molecule has 1 aromatic heterocycles. The van der Waals surface area contributed by atoms with E-state index in [0.29, 0.717) is 18.1 Å². The second-order valence-corrected chi connectivity index (χ2v) is 5.32. The molecule has 21 heavy (non-hydrogen) atoms. The van der Waals surface area contributed by atoms with Gasteiger partial charge < -0.3 is 15.6 Å². The van der Waals surface area contributed by atoms with Gasteiger partial charge in [-0.1, -0.05) is 17.3 Å². The summed E-state index contributed by atoms with van der Waals surface area (Å²) in [4.78, 5) is 14.1. The summed E-state index contributed by atoms with van der Waals surface area (Å²) in [6, 6.07) is 7.64. The topological polar surface area (TPSA) is 84.4 Å². The van der Waals surface area contributed by atoms with Crippen LogP contribution >= 0.6 is 0 Å². The van der Waals surface area contributed by atoms with Crippen LogP contribution < -0.4 is 11.1 Å². The summed E-state index contributed by atoms with van der Waals surface area (Å²) in [5.41, 5.74) is 9.23. The molecule has 3 N–H and O–H groups in total. The van der Waals surface area contributed by atoms with E-state index in [2.05, 4.69) is 21.4 Å². The zero-order chi connectivity index (χ0) is 14.8. The third kappa shape index (κ3) is 3.05. The average molecular weight is 286 g/mol. The largest absolute Gasteiger partial charge is 0.398 e. The Bertz CT molecular complexity index is 665. The van der Waals surface area contributed by atoms with Crippen LogP contribution in [0.5, 0.6) is 0 Å². The third-order valence-corrected chi connectivity index (χ3v) is 3.64. The summed E-state index contributed by atoms with van der Waals surface area (Å²) >= 11 is 0. The molecule has 0 saturated carbocycles. The first-order valence-electron chi connectivity index (χ1n) is 6.93. The standard InChI is InChI=1S/C15H18N4O2/c1-10-7-14(18-21-10)17-15(20)9-19-6-5-12-11(8-19)3-2-4-13(12)16/h2-4,7H,5-6,8-9,16H2,1H3,(H,17,18,20). The number of carbonyl (C=O) groups excluding carboxylic acids is 1. The normalized spacial score (nSPS) is 14.7. The zero-order valence-electron chi connectivity index (χ0n) is 11.9. The molecule has 6 heteroatoms. The lowest BCUT2D eigenvalue weighted by molar-refractivity contribution is -0.117. The number of nitrogens with zero attached hydrogens (tertiary/aromatic N) is 2. The fourth-order valence-electron chi connectivity index (χ4n) is 2.64. The van der Waals surface area contributed by atoms with Crippen LogP contribution in [0.25, 0.3) is 0 Å². The molecule has 0 spiro atoms. The highest BCUT2D eigenvalue weighted by Crippen LogP contribution is 2.23. The minimum Gasteiger partial charge on any atom is -0.398 e. The van der Waals surface area contributed by atoms with Crippen LogP contribution in [0.3, 0.4) is 0 Å². The molecule has 2 aromatic rings. The number of carbonyl (C=O) groups is 1. The molecule has 1 aliphatic heterocycles. The van der Waals surface area contributed by atoms with Gasteiger partial charge in [0.05, 0.1) is 6.54 Å². The molecule has 110 valence electrons. The SMILES string of the molecule is Cc1cc(NC(=O)CN2CCc3c(N)cccc3C2)no1. The Morgan fingerprint density at radius 3 is 3.14 bits per heavy atom. The van der Waals surface area contributed by atoms with Crippen molar-refractivity contribution in [1.82, 2.24) is 10.1 Å². The van der Waals surface area contributed by atoms with Crippen molar-refractivity contribution in [2.75, 3.05) is 24.1 Å². The summed E-state index contributed by atoms with van der Waals surface area (Å²) in [5.74, 6) is 1.04. The van der Waals surface area contributed by atoms with E-state index in [1.165, 1.54) is 11.1 Å². The monoisotopic (exact) mass is 286 g/mol. The predicted molar refractivity (Wildman–Crippen MR) is 79.7 cm³/mol. The Morgan fingerprint density at radius 2 is 2.38 bits per heavy atom. The van der Waals surface area contributed by atoms with E-state index < -0.39 is 0 Å². The summed E-state index contributed by atoms with van der Waals surface area (Å²) in [7, 11) is 0. The Morgan fingerprint density at radius 1 is 1.52 bits per heavy atom. The molecule has 0 bridgehead atoms. The molecule has 1 amide bonds. The minimum absolute atomic E-state index is 0.0874. The average Bonchev–Trinajstić information content (AvgIpc) is 2.84. The highest BCUT2D eigenvalue weighted by atomic mass is 16.5. The molecule has 0 aliphatic carbocycles. The maximum absolute atomic E-state index is 12.0. The maximum Gasteiger partial charge on any atom is 0.239 e. The van der Waals surface area contributed by atoms with Gasteiger partial charge >= 0.3 is 0 Å². The van der Waals surface area contributed by atoms with Gasteiger partial charge in [-0.05, 0) is 30.5 Å². The number of benzene rings is 1. The lowest BCUT2D eigenvalue weighted by Gasteiger charge is -2.28. The predicted octanol–water partition coefficient (Wildman–Crippen LogP) is 1.56.